The van der Waals surface area contributed by atoms with Crippen molar-refractivity contribution in [3.63, 3.8) is 0 Å². The van der Waals surface area contributed by atoms with Crippen LogP contribution in [0.2, 0.25) is 0 Å². The van der Waals surface area contributed by atoms with Gasteiger partial charge in [-0.1, -0.05) is 23.3 Å². The fourth-order valence-corrected chi connectivity index (χ4v) is 1.38. The summed E-state index contributed by atoms with van der Waals surface area (Å²) in [4.78, 5) is 2.71. The minimum atomic E-state index is -0.597. The number of hydrogen-bond acceptors (Lipinski definition) is 3. The number of para-hydroxylation sites is 1. The van der Waals surface area contributed by atoms with Gasteiger partial charge in [0, 0.05) is 10.5 Å². The van der Waals surface area contributed by atoms with Gasteiger partial charge < -0.3 is 9.84 Å². The van der Waals surface area contributed by atoms with E-state index in [0.29, 0.717) is 11.3 Å². The van der Waals surface area contributed by atoms with E-state index in [-0.39, 0.29) is 12.7 Å². The van der Waals surface area contributed by atoms with Crippen molar-refractivity contribution >= 4 is 0 Å². The highest BCUT2D eigenvalue weighted by Crippen LogP contribution is 2.28. The van der Waals surface area contributed by atoms with Crippen molar-refractivity contribution in [2.45, 2.75) is 26.0 Å². The van der Waals surface area contributed by atoms with E-state index in [9.17, 15) is 0 Å². The Hall–Kier alpha value is -1.71. The van der Waals surface area contributed by atoms with Crippen LogP contribution in [-0.2, 0) is 0 Å². The van der Waals surface area contributed by atoms with Gasteiger partial charge in [-0.25, -0.2) is 0 Å². The molecule has 0 aliphatic carbocycles. The van der Waals surface area contributed by atoms with Gasteiger partial charge in [-0.05, 0) is 25.4 Å². The first-order chi connectivity index (χ1) is 7.69. The highest BCUT2D eigenvalue weighted by Gasteiger charge is 2.14. The molecule has 0 heterocycles. The van der Waals surface area contributed by atoms with Crippen molar-refractivity contribution in [1.29, 1.82) is 0 Å². The van der Waals surface area contributed by atoms with Crippen LogP contribution < -0.4 is 4.74 Å². The molecule has 0 aliphatic heterocycles. The number of azide groups is 1. The van der Waals surface area contributed by atoms with Crippen molar-refractivity contribution < 1.29 is 9.84 Å². The smallest absolute Gasteiger partial charge is 0.123 e. The third-order valence-electron chi connectivity index (χ3n) is 2.00. The van der Waals surface area contributed by atoms with Crippen LogP contribution in [0.5, 0.6) is 5.75 Å². The lowest BCUT2D eigenvalue weighted by molar-refractivity contribution is 0.229. The Morgan fingerprint density at radius 2 is 2.12 bits per heavy atom. The third-order valence-corrected chi connectivity index (χ3v) is 2.00. The lowest BCUT2D eigenvalue weighted by Crippen LogP contribution is -2.10. The van der Waals surface area contributed by atoms with Crippen LogP contribution in [0.4, 0.5) is 0 Å². The van der Waals surface area contributed by atoms with Gasteiger partial charge in [-0.15, -0.1) is 0 Å². The van der Waals surface area contributed by atoms with Crippen molar-refractivity contribution in [2.75, 3.05) is 6.61 Å². The maximum Gasteiger partial charge on any atom is 0.123 e. The van der Waals surface area contributed by atoms with Crippen LogP contribution >= 0.6 is 0 Å². The van der Waals surface area contributed by atoms with Crippen LogP contribution in [0.3, 0.4) is 0 Å². The summed E-state index contributed by atoms with van der Waals surface area (Å²) < 4.78 is 5.58. The molecule has 0 bridgehead atoms. The lowest BCUT2D eigenvalue weighted by Gasteiger charge is -2.16. The fourth-order valence-electron chi connectivity index (χ4n) is 1.38. The van der Waals surface area contributed by atoms with Crippen LogP contribution in [0.15, 0.2) is 29.4 Å². The minimum Gasteiger partial charge on any atom is -0.491 e. The van der Waals surface area contributed by atoms with Crippen LogP contribution in [-0.4, -0.2) is 17.8 Å². The maximum atomic E-state index is 9.15. The molecule has 1 atom stereocenters. The summed E-state index contributed by atoms with van der Waals surface area (Å²) in [5.74, 6) is 0.643. The Labute approximate surface area is 94.3 Å². The average Bonchev–Trinajstić information content (AvgIpc) is 2.26. The molecule has 5 nitrogen and oxygen atoms in total. The van der Waals surface area contributed by atoms with E-state index in [1.807, 2.05) is 26.0 Å². The Morgan fingerprint density at radius 3 is 2.69 bits per heavy atom. The second-order valence-electron chi connectivity index (χ2n) is 3.61. The van der Waals surface area contributed by atoms with E-state index in [1.165, 1.54) is 0 Å². The summed E-state index contributed by atoms with van der Waals surface area (Å²) in [6.07, 6.45) is 0.0339. The predicted molar refractivity (Wildman–Crippen MR) is 61.2 cm³/mol. The molecule has 0 aliphatic rings. The van der Waals surface area contributed by atoms with Gasteiger partial charge >= 0.3 is 0 Å². The SMILES string of the molecule is CC(C)Oc1ccccc1C(CO)N=[N+]=[N-]. The molecular formula is C11H15N3O2. The van der Waals surface area contributed by atoms with Gasteiger partial charge in [0.2, 0.25) is 0 Å². The number of hydrogen-bond donors (Lipinski definition) is 1. The Morgan fingerprint density at radius 1 is 1.44 bits per heavy atom. The van der Waals surface area contributed by atoms with Crippen molar-refractivity contribution in [2.24, 2.45) is 5.11 Å². The zero-order valence-electron chi connectivity index (χ0n) is 9.37. The molecule has 0 amide bonds. The van der Waals surface area contributed by atoms with E-state index in [1.54, 1.807) is 12.1 Å². The normalized spacial score (nSPS) is 12.0. The molecule has 0 fully saturated rings. The maximum absolute atomic E-state index is 9.15. The molecule has 1 unspecified atom stereocenters. The number of aliphatic hydroxyl groups excluding tert-OH is 1. The van der Waals surface area contributed by atoms with Gasteiger partial charge in [0.05, 0.1) is 18.8 Å². The quantitative estimate of drug-likeness (QED) is 0.471. The first-order valence-electron chi connectivity index (χ1n) is 5.09. The van der Waals surface area contributed by atoms with Crippen LogP contribution in [0.25, 0.3) is 10.4 Å². The largest absolute Gasteiger partial charge is 0.491 e. The summed E-state index contributed by atoms with van der Waals surface area (Å²) in [6.45, 7) is 3.60. The molecule has 0 saturated carbocycles. The van der Waals surface area contributed by atoms with Gasteiger partial charge in [0.25, 0.3) is 0 Å². The number of benzene rings is 1. The number of nitrogens with zero attached hydrogens (tertiary/aromatic N) is 3. The molecule has 5 heteroatoms. The predicted octanol–water partition coefficient (Wildman–Crippen LogP) is 2.82. The second kappa shape index (κ2) is 6.00. The topological polar surface area (TPSA) is 78.2 Å². The van der Waals surface area contributed by atoms with Gasteiger partial charge in [-0.3, -0.25) is 0 Å². The molecule has 86 valence electrons. The zero-order valence-corrected chi connectivity index (χ0v) is 9.37. The monoisotopic (exact) mass is 221 g/mol. The molecule has 1 rings (SSSR count). The van der Waals surface area contributed by atoms with Crippen LogP contribution in [0.1, 0.15) is 25.5 Å². The number of aliphatic hydroxyl groups is 1. The van der Waals surface area contributed by atoms with E-state index in [2.05, 4.69) is 10.0 Å². The Kier molecular flexibility index (Phi) is 4.64. The fraction of sp³-hybridized carbons (Fsp3) is 0.455. The minimum absolute atomic E-state index is 0.0339. The average molecular weight is 221 g/mol. The molecule has 1 aromatic rings. The summed E-state index contributed by atoms with van der Waals surface area (Å²) in [5.41, 5.74) is 9.11. The molecular weight excluding hydrogens is 206 g/mol. The first-order valence-corrected chi connectivity index (χ1v) is 5.09. The number of rotatable bonds is 5. The van der Waals surface area contributed by atoms with Gasteiger partial charge in [0.15, 0.2) is 0 Å². The Balaban J connectivity index is 3.05. The summed E-state index contributed by atoms with van der Waals surface area (Å²) in [7, 11) is 0. The van der Waals surface area contributed by atoms with Crippen molar-refractivity contribution in [3.8, 4) is 5.75 Å². The Bertz CT molecular complexity index is 387. The van der Waals surface area contributed by atoms with Crippen molar-refractivity contribution in [1.82, 2.24) is 0 Å². The zero-order chi connectivity index (χ0) is 12.0. The molecule has 0 saturated heterocycles. The first kappa shape index (κ1) is 12.4. The second-order valence-corrected chi connectivity index (χ2v) is 3.61. The molecule has 0 spiro atoms. The molecule has 16 heavy (non-hydrogen) atoms. The number of ether oxygens (including phenoxy) is 1. The highest BCUT2D eigenvalue weighted by molar-refractivity contribution is 5.36. The standard InChI is InChI=1S/C11H15N3O2/c1-8(2)16-11-6-4-3-5-9(11)10(7-15)13-14-12/h3-6,8,10,15H,7H2,1-2H3. The molecule has 1 N–H and O–H groups in total. The van der Waals surface area contributed by atoms with Gasteiger partial charge in [-0.2, -0.15) is 0 Å². The van der Waals surface area contributed by atoms with Crippen LogP contribution in [0, 0.1) is 0 Å². The lowest BCUT2D eigenvalue weighted by atomic mass is 10.1. The van der Waals surface area contributed by atoms with E-state index in [0.717, 1.165) is 0 Å². The highest BCUT2D eigenvalue weighted by atomic mass is 16.5. The third kappa shape index (κ3) is 3.15. The van der Waals surface area contributed by atoms with Gasteiger partial charge in [0.1, 0.15) is 5.75 Å². The van der Waals surface area contributed by atoms with E-state index < -0.39 is 6.04 Å². The molecule has 1 aromatic carbocycles. The van der Waals surface area contributed by atoms with E-state index in [4.69, 9.17) is 15.4 Å². The van der Waals surface area contributed by atoms with Crippen molar-refractivity contribution in [3.05, 3.63) is 40.3 Å². The summed E-state index contributed by atoms with van der Waals surface area (Å²) in [5, 5.41) is 12.7. The molecule has 0 radical (unpaired) electrons. The summed E-state index contributed by atoms with van der Waals surface area (Å²) in [6, 6.07) is 6.64. The summed E-state index contributed by atoms with van der Waals surface area (Å²) >= 11 is 0. The van der Waals surface area contributed by atoms with E-state index >= 15 is 0 Å². The molecule has 0 aromatic heterocycles.